The molecule has 0 spiro atoms. The van der Waals surface area contributed by atoms with Crippen LogP contribution in [-0.2, 0) is 9.59 Å². The molecule has 2 amide bonds. The average molecular weight is 255 g/mol. The zero-order chi connectivity index (χ0) is 13.8. The molecule has 3 N–H and O–H groups in total. The highest BCUT2D eigenvalue weighted by molar-refractivity contribution is 5.89. The lowest BCUT2D eigenvalue weighted by Gasteiger charge is -2.38. The summed E-state index contributed by atoms with van der Waals surface area (Å²) in [6.07, 6.45) is 2.11. The summed E-state index contributed by atoms with van der Waals surface area (Å²) in [5, 5.41) is 8.72. The minimum atomic E-state index is -0.489. The van der Waals surface area contributed by atoms with Crippen molar-refractivity contribution in [1.82, 2.24) is 16.0 Å². The Morgan fingerprint density at radius 1 is 1.44 bits per heavy atom. The van der Waals surface area contributed by atoms with E-state index in [9.17, 15) is 9.59 Å². The van der Waals surface area contributed by atoms with E-state index < -0.39 is 6.04 Å². The van der Waals surface area contributed by atoms with Crippen molar-refractivity contribution >= 4 is 11.8 Å². The van der Waals surface area contributed by atoms with Gasteiger partial charge in [0.1, 0.15) is 6.04 Å². The molecule has 0 aliphatic carbocycles. The van der Waals surface area contributed by atoms with Crippen molar-refractivity contribution in [3.05, 3.63) is 0 Å². The molecule has 0 saturated carbocycles. The van der Waals surface area contributed by atoms with Gasteiger partial charge in [-0.25, -0.2) is 0 Å². The molecule has 1 aliphatic heterocycles. The van der Waals surface area contributed by atoms with Crippen molar-refractivity contribution in [2.45, 2.75) is 52.6 Å². The molecular formula is C13H25N3O2. The lowest BCUT2D eigenvalue weighted by molar-refractivity contribution is -0.131. The second-order valence-electron chi connectivity index (χ2n) is 5.60. The number of carbonyl (C=O) groups excluding carboxylic acids is 2. The monoisotopic (exact) mass is 255 g/mol. The number of hydrogen-bond donors (Lipinski definition) is 3. The Morgan fingerprint density at radius 2 is 2.11 bits per heavy atom. The van der Waals surface area contributed by atoms with Crippen LogP contribution in [0.15, 0.2) is 0 Å². The molecule has 18 heavy (non-hydrogen) atoms. The van der Waals surface area contributed by atoms with E-state index in [4.69, 9.17) is 0 Å². The zero-order valence-electron chi connectivity index (χ0n) is 11.8. The van der Waals surface area contributed by atoms with Gasteiger partial charge in [-0.1, -0.05) is 13.8 Å². The quantitative estimate of drug-likeness (QED) is 0.681. The Balaban J connectivity index is 2.56. The highest BCUT2D eigenvalue weighted by atomic mass is 16.2. The van der Waals surface area contributed by atoms with Gasteiger partial charge in [-0.05, 0) is 38.6 Å². The molecule has 5 nitrogen and oxygen atoms in total. The van der Waals surface area contributed by atoms with Crippen LogP contribution in [-0.4, -0.2) is 37.0 Å². The number of carbonyl (C=O) groups is 2. The molecule has 0 aromatic carbocycles. The maximum atomic E-state index is 12.2. The summed E-state index contributed by atoms with van der Waals surface area (Å²) in [5.74, 6) is -0.224. The Bertz CT molecular complexity index is 315. The second kappa shape index (κ2) is 6.18. The van der Waals surface area contributed by atoms with Gasteiger partial charge in [0, 0.05) is 6.54 Å². The summed E-state index contributed by atoms with van der Waals surface area (Å²) in [6, 6.07) is -0.708. The van der Waals surface area contributed by atoms with Crippen LogP contribution < -0.4 is 16.0 Å². The van der Waals surface area contributed by atoms with Crippen LogP contribution in [0.2, 0.25) is 0 Å². The summed E-state index contributed by atoms with van der Waals surface area (Å²) < 4.78 is 0. The third kappa shape index (κ3) is 3.70. The van der Waals surface area contributed by atoms with Crippen molar-refractivity contribution in [2.75, 3.05) is 13.1 Å². The van der Waals surface area contributed by atoms with Crippen LogP contribution in [0.3, 0.4) is 0 Å². The number of rotatable bonds is 4. The molecule has 2 atom stereocenters. The van der Waals surface area contributed by atoms with Gasteiger partial charge >= 0.3 is 0 Å². The molecule has 104 valence electrons. The van der Waals surface area contributed by atoms with Crippen molar-refractivity contribution in [1.29, 1.82) is 0 Å². The fourth-order valence-corrected chi connectivity index (χ4v) is 2.35. The van der Waals surface area contributed by atoms with E-state index in [1.54, 1.807) is 6.92 Å². The summed E-state index contributed by atoms with van der Waals surface area (Å²) in [6.45, 7) is 9.17. The number of piperidine rings is 1. The zero-order valence-corrected chi connectivity index (χ0v) is 11.8. The van der Waals surface area contributed by atoms with Crippen molar-refractivity contribution in [3.8, 4) is 0 Å². The number of hydrogen-bond acceptors (Lipinski definition) is 3. The van der Waals surface area contributed by atoms with E-state index in [1.807, 2.05) is 6.92 Å². The van der Waals surface area contributed by atoms with Crippen LogP contribution in [0.4, 0.5) is 0 Å². The first-order chi connectivity index (χ1) is 8.38. The molecule has 1 heterocycles. The van der Waals surface area contributed by atoms with E-state index in [0.717, 1.165) is 19.4 Å². The standard InChI is InChI=1S/C13H25N3O2/c1-5-14-11(17)9(2)16-12(18)10-13(3,4)7-6-8-15-10/h9-10,15H,5-8H2,1-4H3,(H,14,17)(H,16,18). The first-order valence-corrected chi connectivity index (χ1v) is 6.70. The van der Waals surface area contributed by atoms with E-state index in [2.05, 4.69) is 29.8 Å². The Kier molecular flexibility index (Phi) is 5.14. The predicted octanol–water partition coefficient (Wildman–Crippen LogP) is 0.405. The molecule has 0 radical (unpaired) electrons. The van der Waals surface area contributed by atoms with Gasteiger partial charge in [-0.3, -0.25) is 9.59 Å². The van der Waals surface area contributed by atoms with Crippen LogP contribution in [0, 0.1) is 5.41 Å². The summed E-state index contributed by atoms with van der Waals surface area (Å²) in [4.78, 5) is 23.8. The molecule has 1 fully saturated rings. The van der Waals surface area contributed by atoms with E-state index >= 15 is 0 Å². The van der Waals surface area contributed by atoms with Crippen molar-refractivity contribution < 1.29 is 9.59 Å². The topological polar surface area (TPSA) is 70.2 Å². The number of nitrogens with one attached hydrogen (secondary N) is 3. The van der Waals surface area contributed by atoms with Crippen LogP contribution in [0.5, 0.6) is 0 Å². The molecule has 5 heteroatoms. The van der Waals surface area contributed by atoms with Crippen LogP contribution >= 0.6 is 0 Å². The highest BCUT2D eigenvalue weighted by Crippen LogP contribution is 2.30. The molecule has 1 aliphatic rings. The van der Waals surface area contributed by atoms with E-state index in [1.165, 1.54) is 0 Å². The van der Waals surface area contributed by atoms with Gasteiger partial charge in [-0.15, -0.1) is 0 Å². The van der Waals surface area contributed by atoms with Crippen molar-refractivity contribution in [3.63, 3.8) is 0 Å². The SMILES string of the molecule is CCNC(=O)C(C)NC(=O)C1NCCCC1(C)C. The van der Waals surface area contributed by atoms with E-state index in [-0.39, 0.29) is 23.3 Å². The number of likely N-dealkylation sites (N-methyl/N-ethyl adjacent to an activating group) is 1. The Hall–Kier alpha value is -1.10. The van der Waals surface area contributed by atoms with Gasteiger partial charge in [-0.2, -0.15) is 0 Å². The third-order valence-corrected chi connectivity index (χ3v) is 3.49. The fourth-order valence-electron chi connectivity index (χ4n) is 2.35. The smallest absolute Gasteiger partial charge is 0.242 e. The molecule has 1 rings (SSSR count). The van der Waals surface area contributed by atoms with Crippen LogP contribution in [0.25, 0.3) is 0 Å². The van der Waals surface area contributed by atoms with E-state index in [0.29, 0.717) is 6.54 Å². The van der Waals surface area contributed by atoms with Gasteiger partial charge in [0.05, 0.1) is 6.04 Å². The lowest BCUT2D eigenvalue weighted by Crippen LogP contribution is -2.58. The lowest BCUT2D eigenvalue weighted by atomic mass is 9.77. The molecule has 2 unspecified atom stereocenters. The van der Waals surface area contributed by atoms with Gasteiger partial charge in [0.2, 0.25) is 11.8 Å². The second-order valence-corrected chi connectivity index (χ2v) is 5.60. The highest BCUT2D eigenvalue weighted by Gasteiger charge is 2.37. The maximum Gasteiger partial charge on any atom is 0.242 e. The summed E-state index contributed by atoms with van der Waals surface area (Å²) in [5.41, 5.74) is -0.0662. The normalized spacial score (nSPS) is 24.1. The first kappa shape index (κ1) is 15.0. The predicted molar refractivity (Wildman–Crippen MR) is 71.1 cm³/mol. The maximum absolute atomic E-state index is 12.2. The minimum absolute atomic E-state index is 0.0662. The molecule has 0 aromatic rings. The molecule has 1 saturated heterocycles. The molecular weight excluding hydrogens is 230 g/mol. The Labute approximate surface area is 109 Å². The van der Waals surface area contributed by atoms with Crippen molar-refractivity contribution in [2.24, 2.45) is 5.41 Å². The van der Waals surface area contributed by atoms with Gasteiger partial charge in [0.15, 0.2) is 0 Å². The largest absolute Gasteiger partial charge is 0.355 e. The fraction of sp³-hybridized carbons (Fsp3) is 0.846. The number of amides is 2. The van der Waals surface area contributed by atoms with Crippen LogP contribution in [0.1, 0.15) is 40.5 Å². The average Bonchev–Trinajstić information content (AvgIpc) is 2.28. The first-order valence-electron chi connectivity index (χ1n) is 6.70. The Morgan fingerprint density at radius 3 is 2.67 bits per heavy atom. The molecule has 0 aromatic heterocycles. The summed E-state index contributed by atoms with van der Waals surface area (Å²) in [7, 11) is 0. The van der Waals surface area contributed by atoms with Gasteiger partial charge < -0.3 is 16.0 Å². The van der Waals surface area contributed by atoms with Gasteiger partial charge in [0.25, 0.3) is 0 Å². The molecule has 0 bridgehead atoms. The minimum Gasteiger partial charge on any atom is -0.355 e. The third-order valence-electron chi connectivity index (χ3n) is 3.49. The summed E-state index contributed by atoms with van der Waals surface area (Å²) >= 11 is 0.